The monoisotopic (exact) mass is 342 g/mol. The highest BCUT2D eigenvalue weighted by atomic mass is 15.3. The molecule has 0 aliphatic carbocycles. The van der Waals surface area contributed by atoms with Crippen LogP contribution in [0.1, 0.15) is 18.9 Å². The van der Waals surface area contributed by atoms with E-state index in [1.165, 1.54) is 5.56 Å². The molecule has 26 heavy (non-hydrogen) atoms. The topological polar surface area (TPSA) is 51.4 Å². The molecule has 2 heterocycles. The summed E-state index contributed by atoms with van der Waals surface area (Å²) >= 11 is 0. The van der Waals surface area contributed by atoms with E-state index in [0.29, 0.717) is 6.04 Å². The number of fused-ring (bicyclic) bond motifs is 2. The highest BCUT2D eigenvalue weighted by Crippen LogP contribution is 2.42. The van der Waals surface area contributed by atoms with E-state index < -0.39 is 0 Å². The van der Waals surface area contributed by atoms with Crippen molar-refractivity contribution in [3.05, 3.63) is 77.9 Å². The molecule has 130 valence electrons. The molecular weight excluding hydrogens is 320 g/mol. The van der Waals surface area contributed by atoms with Gasteiger partial charge in [0.25, 0.3) is 0 Å². The predicted molar refractivity (Wildman–Crippen MR) is 105 cm³/mol. The third kappa shape index (κ3) is 3.14. The number of hydrogen-bond donors (Lipinski definition) is 1. The second-order valence-corrected chi connectivity index (χ2v) is 6.98. The molecule has 1 saturated heterocycles. The second kappa shape index (κ2) is 7.15. The van der Waals surface area contributed by atoms with Crippen LogP contribution >= 0.6 is 0 Å². The summed E-state index contributed by atoms with van der Waals surface area (Å²) < 4.78 is 0. The van der Waals surface area contributed by atoms with Crippen molar-refractivity contribution in [1.82, 2.24) is 4.90 Å². The Morgan fingerprint density at radius 3 is 2.54 bits per heavy atom. The summed E-state index contributed by atoms with van der Waals surface area (Å²) in [5, 5.41) is 14.2. The molecule has 0 aromatic heterocycles. The number of hydrazone groups is 1. The van der Waals surface area contributed by atoms with Crippen molar-refractivity contribution in [2.24, 2.45) is 11.0 Å². The van der Waals surface area contributed by atoms with Gasteiger partial charge in [-0.1, -0.05) is 54.6 Å². The van der Waals surface area contributed by atoms with Gasteiger partial charge in [0.05, 0.1) is 17.8 Å². The maximum Gasteiger partial charge on any atom is 0.0961 e. The lowest BCUT2D eigenvalue weighted by molar-refractivity contribution is 0.250. The quantitative estimate of drug-likeness (QED) is 0.654. The van der Waals surface area contributed by atoms with Gasteiger partial charge >= 0.3 is 0 Å². The van der Waals surface area contributed by atoms with Crippen molar-refractivity contribution >= 4 is 11.4 Å². The Labute approximate surface area is 154 Å². The van der Waals surface area contributed by atoms with Gasteiger partial charge in [0.1, 0.15) is 0 Å². The molecule has 0 saturated carbocycles. The number of anilines is 1. The average molecular weight is 342 g/mol. The number of nitrogens with one attached hydrogen (secondary N) is 1. The van der Waals surface area contributed by atoms with E-state index >= 15 is 0 Å². The number of hydrogen-bond acceptors (Lipinski definition) is 4. The molecule has 0 amide bonds. The highest BCUT2D eigenvalue weighted by molar-refractivity contribution is 5.87. The molecule has 3 unspecified atom stereocenters. The second-order valence-electron chi connectivity index (χ2n) is 6.98. The van der Waals surface area contributed by atoms with Crippen molar-refractivity contribution in [2.75, 3.05) is 5.43 Å². The van der Waals surface area contributed by atoms with Crippen LogP contribution in [0.4, 0.5) is 5.69 Å². The van der Waals surface area contributed by atoms with Crippen LogP contribution in [0.3, 0.4) is 0 Å². The SMILES string of the molecule is C/C(=N/Nc1ccccc1)C1CC2C=C(C#N)C1N2Cc1ccccc1. The first-order valence-electron chi connectivity index (χ1n) is 9.03. The molecule has 1 N–H and O–H groups in total. The van der Waals surface area contributed by atoms with Crippen molar-refractivity contribution in [1.29, 1.82) is 5.26 Å². The summed E-state index contributed by atoms with van der Waals surface area (Å²) in [6.45, 7) is 2.94. The minimum atomic E-state index is 0.131. The van der Waals surface area contributed by atoms with E-state index in [-0.39, 0.29) is 12.0 Å². The van der Waals surface area contributed by atoms with Gasteiger partial charge < -0.3 is 0 Å². The molecule has 4 heteroatoms. The fourth-order valence-corrected chi connectivity index (χ4v) is 4.09. The Morgan fingerprint density at radius 1 is 1.15 bits per heavy atom. The lowest BCUT2D eigenvalue weighted by Gasteiger charge is -2.25. The summed E-state index contributed by atoms with van der Waals surface area (Å²) in [4.78, 5) is 2.44. The zero-order valence-corrected chi connectivity index (χ0v) is 14.8. The van der Waals surface area contributed by atoms with Crippen LogP contribution in [0.25, 0.3) is 0 Å². The number of rotatable bonds is 5. The van der Waals surface area contributed by atoms with Gasteiger partial charge in [-0.05, 0) is 31.0 Å². The van der Waals surface area contributed by atoms with Gasteiger partial charge in [-0.2, -0.15) is 10.4 Å². The van der Waals surface area contributed by atoms with Gasteiger partial charge in [0.15, 0.2) is 0 Å². The normalized spacial score (nSPS) is 25.0. The third-order valence-corrected chi connectivity index (χ3v) is 5.36. The van der Waals surface area contributed by atoms with Crippen molar-refractivity contribution in [3.63, 3.8) is 0 Å². The van der Waals surface area contributed by atoms with Crippen LogP contribution in [0.2, 0.25) is 0 Å². The number of para-hydroxylation sites is 1. The minimum absolute atomic E-state index is 0.131. The number of nitrogens with zero attached hydrogens (tertiary/aromatic N) is 3. The standard InChI is InChI=1S/C22H22N4/c1-16(24-25-19-10-6-3-7-11-19)21-13-20-12-18(14-23)22(21)26(20)15-17-8-4-2-5-9-17/h2-12,20-22,25H,13,15H2,1H3/b24-16-. The van der Waals surface area contributed by atoms with Gasteiger partial charge in [-0.25, -0.2) is 0 Å². The first-order chi connectivity index (χ1) is 12.8. The van der Waals surface area contributed by atoms with Gasteiger partial charge in [-0.15, -0.1) is 0 Å². The first kappa shape index (κ1) is 16.6. The van der Waals surface area contributed by atoms with E-state index in [4.69, 9.17) is 0 Å². The van der Waals surface area contributed by atoms with Crippen LogP contribution in [0.15, 0.2) is 77.4 Å². The Balaban J connectivity index is 1.52. The molecule has 0 radical (unpaired) electrons. The van der Waals surface area contributed by atoms with E-state index in [0.717, 1.165) is 29.9 Å². The minimum Gasteiger partial charge on any atom is -0.284 e. The lowest BCUT2D eigenvalue weighted by Crippen LogP contribution is -2.34. The highest BCUT2D eigenvalue weighted by Gasteiger charge is 2.48. The first-order valence-corrected chi connectivity index (χ1v) is 9.03. The summed E-state index contributed by atoms with van der Waals surface area (Å²) in [5.41, 5.74) is 7.35. The molecule has 0 spiro atoms. The third-order valence-electron chi connectivity index (χ3n) is 5.36. The van der Waals surface area contributed by atoms with Crippen LogP contribution in [0, 0.1) is 17.2 Å². The van der Waals surface area contributed by atoms with Gasteiger partial charge in [-0.3, -0.25) is 10.3 Å². The smallest absolute Gasteiger partial charge is 0.0961 e. The Bertz CT molecular complexity index is 864. The number of nitriles is 1. The fraction of sp³-hybridized carbons (Fsp3) is 0.273. The molecule has 3 atom stereocenters. The summed E-state index contributed by atoms with van der Waals surface area (Å²) in [6.07, 6.45) is 3.16. The zero-order chi connectivity index (χ0) is 17.9. The molecule has 4 nitrogen and oxygen atoms in total. The molecule has 2 aromatic carbocycles. The lowest BCUT2D eigenvalue weighted by atomic mass is 9.86. The summed E-state index contributed by atoms with van der Waals surface area (Å²) in [7, 11) is 0. The van der Waals surface area contributed by atoms with E-state index in [1.807, 2.05) is 36.4 Å². The average Bonchev–Trinajstić information content (AvgIpc) is 3.21. The zero-order valence-electron chi connectivity index (χ0n) is 14.8. The van der Waals surface area contributed by atoms with Crippen molar-refractivity contribution in [2.45, 2.75) is 32.0 Å². The molecule has 2 aliphatic heterocycles. The molecule has 4 rings (SSSR count). The molecule has 2 aliphatic rings. The largest absolute Gasteiger partial charge is 0.284 e. The maximum absolute atomic E-state index is 9.58. The Morgan fingerprint density at radius 2 is 1.85 bits per heavy atom. The molecule has 2 bridgehead atoms. The van der Waals surface area contributed by atoms with Crippen molar-refractivity contribution in [3.8, 4) is 6.07 Å². The summed E-state index contributed by atoms with van der Waals surface area (Å²) in [6, 6.07) is 23.3. The molecule has 2 aromatic rings. The van der Waals surface area contributed by atoms with Crippen LogP contribution in [-0.2, 0) is 6.54 Å². The fourth-order valence-electron chi connectivity index (χ4n) is 4.09. The summed E-state index contributed by atoms with van der Waals surface area (Å²) in [5.74, 6) is 0.277. The molecular formula is C22H22N4. The van der Waals surface area contributed by atoms with Gasteiger partial charge in [0.2, 0.25) is 0 Å². The van der Waals surface area contributed by atoms with E-state index in [9.17, 15) is 5.26 Å². The van der Waals surface area contributed by atoms with E-state index in [2.05, 4.69) is 58.8 Å². The Hall–Kier alpha value is -2.90. The van der Waals surface area contributed by atoms with E-state index in [1.54, 1.807) is 0 Å². The Kier molecular flexibility index (Phi) is 4.55. The predicted octanol–water partition coefficient (Wildman–Crippen LogP) is 4.20. The van der Waals surface area contributed by atoms with Crippen LogP contribution < -0.4 is 5.43 Å². The maximum atomic E-state index is 9.58. The molecule has 1 fully saturated rings. The van der Waals surface area contributed by atoms with Crippen molar-refractivity contribution < 1.29 is 0 Å². The van der Waals surface area contributed by atoms with Crippen LogP contribution in [0.5, 0.6) is 0 Å². The van der Waals surface area contributed by atoms with Gasteiger partial charge in [0, 0.05) is 29.8 Å². The number of benzene rings is 2. The van der Waals surface area contributed by atoms with Crippen LogP contribution in [-0.4, -0.2) is 22.7 Å².